The van der Waals surface area contributed by atoms with Crippen LogP contribution in [-0.4, -0.2) is 25.6 Å². The van der Waals surface area contributed by atoms with Gasteiger partial charge >= 0.3 is 0 Å². The third-order valence-electron chi connectivity index (χ3n) is 3.01. The molecule has 1 amide bonds. The van der Waals surface area contributed by atoms with Gasteiger partial charge in [0, 0.05) is 18.3 Å². The number of unbranched alkanes of at least 4 members (excludes halogenated alkanes) is 2. The van der Waals surface area contributed by atoms with Crippen LogP contribution in [0.25, 0.3) is 0 Å². The quantitative estimate of drug-likeness (QED) is 0.721. The molecule has 1 aromatic rings. The Bertz CT molecular complexity index is 438. The summed E-state index contributed by atoms with van der Waals surface area (Å²) in [4.78, 5) is 11.9. The second-order valence-corrected chi connectivity index (χ2v) is 4.71. The average molecular weight is 282 g/mol. The van der Waals surface area contributed by atoms with Gasteiger partial charge in [0.15, 0.2) is 11.6 Å². The fourth-order valence-corrected chi connectivity index (χ4v) is 1.80. The van der Waals surface area contributed by atoms with Gasteiger partial charge in [0.05, 0.1) is 7.11 Å². The molecule has 1 unspecified atom stereocenters. The van der Waals surface area contributed by atoms with E-state index in [-0.39, 0.29) is 17.7 Å². The normalized spacial score (nSPS) is 11.8. The van der Waals surface area contributed by atoms with Crippen molar-refractivity contribution < 1.29 is 13.9 Å². The summed E-state index contributed by atoms with van der Waals surface area (Å²) in [7, 11) is 1.41. The van der Waals surface area contributed by atoms with Crippen LogP contribution >= 0.6 is 0 Å². The highest BCUT2D eigenvalue weighted by molar-refractivity contribution is 5.84. The van der Waals surface area contributed by atoms with E-state index in [1.165, 1.54) is 19.2 Å². The van der Waals surface area contributed by atoms with Crippen LogP contribution < -0.4 is 15.4 Å². The highest BCUT2D eigenvalue weighted by Gasteiger charge is 2.12. The molecule has 0 bridgehead atoms. The first kappa shape index (κ1) is 16.3. The van der Waals surface area contributed by atoms with E-state index in [9.17, 15) is 9.18 Å². The molecule has 0 fully saturated rings. The Hall–Kier alpha value is -1.78. The van der Waals surface area contributed by atoms with Crippen LogP contribution in [0, 0.1) is 5.82 Å². The molecule has 1 atom stereocenters. The lowest BCUT2D eigenvalue weighted by Gasteiger charge is -2.16. The molecule has 0 heterocycles. The summed E-state index contributed by atoms with van der Waals surface area (Å²) in [5.74, 6) is -0.329. The average Bonchev–Trinajstić information content (AvgIpc) is 2.45. The Morgan fingerprint density at radius 2 is 2.15 bits per heavy atom. The van der Waals surface area contributed by atoms with Gasteiger partial charge in [0.2, 0.25) is 5.91 Å². The lowest BCUT2D eigenvalue weighted by molar-refractivity contribution is -0.121. The Balaban J connectivity index is 2.48. The molecule has 0 spiro atoms. The highest BCUT2D eigenvalue weighted by atomic mass is 19.1. The maximum Gasteiger partial charge on any atom is 0.242 e. The highest BCUT2D eigenvalue weighted by Crippen LogP contribution is 2.21. The van der Waals surface area contributed by atoms with E-state index in [0.29, 0.717) is 12.2 Å². The van der Waals surface area contributed by atoms with Gasteiger partial charge in [-0.25, -0.2) is 4.39 Å². The number of rotatable bonds is 8. The second-order valence-electron chi connectivity index (χ2n) is 4.71. The van der Waals surface area contributed by atoms with E-state index in [1.807, 2.05) is 0 Å². The Labute approximate surface area is 119 Å². The van der Waals surface area contributed by atoms with Crippen LogP contribution in [0.3, 0.4) is 0 Å². The maximum atomic E-state index is 13.3. The minimum atomic E-state index is -0.422. The third-order valence-corrected chi connectivity index (χ3v) is 3.01. The summed E-state index contributed by atoms with van der Waals surface area (Å²) < 4.78 is 18.2. The zero-order valence-corrected chi connectivity index (χ0v) is 12.3. The number of amides is 1. The molecular formula is C15H23FN2O2. The molecule has 1 rings (SSSR count). The second kappa shape index (κ2) is 8.40. The van der Waals surface area contributed by atoms with Crippen molar-refractivity contribution in [3.05, 3.63) is 24.0 Å². The van der Waals surface area contributed by atoms with Crippen molar-refractivity contribution in [2.75, 3.05) is 19.0 Å². The molecule has 0 saturated carbocycles. The predicted molar refractivity (Wildman–Crippen MR) is 78.6 cm³/mol. The summed E-state index contributed by atoms with van der Waals surface area (Å²) in [5.41, 5.74) is 0.652. The Morgan fingerprint density at radius 3 is 2.80 bits per heavy atom. The first-order chi connectivity index (χ1) is 9.58. The Morgan fingerprint density at radius 1 is 1.40 bits per heavy atom. The van der Waals surface area contributed by atoms with Gasteiger partial charge in [-0.15, -0.1) is 0 Å². The van der Waals surface area contributed by atoms with Crippen molar-refractivity contribution in [1.82, 2.24) is 5.32 Å². The van der Waals surface area contributed by atoms with Crippen LogP contribution in [-0.2, 0) is 4.79 Å². The molecule has 0 aliphatic rings. The number of hydrogen-bond acceptors (Lipinski definition) is 3. The van der Waals surface area contributed by atoms with Crippen molar-refractivity contribution in [2.45, 2.75) is 39.2 Å². The summed E-state index contributed by atoms with van der Waals surface area (Å²) in [6.07, 6.45) is 3.22. The topological polar surface area (TPSA) is 50.4 Å². The zero-order chi connectivity index (χ0) is 15.0. The van der Waals surface area contributed by atoms with Gasteiger partial charge in [-0.05, 0) is 25.5 Å². The number of nitrogens with one attached hydrogen (secondary N) is 2. The molecule has 112 valence electrons. The summed E-state index contributed by atoms with van der Waals surface area (Å²) in [6, 6.07) is 4.05. The predicted octanol–water partition coefficient (Wildman–Crippen LogP) is 2.94. The van der Waals surface area contributed by atoms with Crippen LogP contribution in [0.5, 0.6) is 5.75 Å². The monoisotopic (exact) mass is 282 g/mol. The lowest BCUT2D eigenvalue weighted by atomic mass is 10.2. The van der Waals surface area contributed by atoms with E-state index < -0.39 is 5.82 Å². The smallest absolute Gasteiger partial charge is 0.242 e. The van der Waals surface area contributed by atoms with Gasteiger partial charge in [-0.2, -0.15) is 0 Å². The molecular weight excluding hydrogens is 259 g/mol. The zero-order valence-electron chi connectivity index (χ0n) is 12.3. The molecule has 0 aromatic heterocycles. The van der Waals surface area contributed by atoms with Crippen molar-refractivity contribution in [3.8, 4) is 5.75 Å². The van der Waals surface area contributed by atoms with Crippen molar-refractivity contribution in [2.24, 2.45) is 0 Å². The minimum absolute atomic E-state index is 0.0654. The van der Waals surface area contributed by atoms with E-state index in [0.717, 1.165) is 19.3 Å². The number of halogens is 1. The number of ether oxygens (including phenoxy) is 1. The van der Waals surface area contributed by atoms with Crippen molar-refractivity contribution in [3.63, 3.8) is 0 Å². The van der Waals surface area contributed by atoms with E-state index in [4.69, 9.17) is 4.74 Å². The Kier molecular flexibility index (Phi) is 6.84. The third kappa shape index (κ3) is 5.07. The molecule has 1 aromatic carbocycles. The minimum Gasteiger partial charge on any atom is -0.494 e. The van der Waals surface area contributed by atoms with Gasteiger partial charge in [0.1, 0.15) is 6.04 Å². The van der Waals surface area contributed by atoms with E-state index >= 15 is 0 Å². The maximum absolute atomic E-state index is 13.3. The first-order valence-electron chi connectivity index (χ1n) is 6.96. The van der Waals surface area contributed by atoms with Crippen LogP contribution in [0.4, 0.5) is 10.1 Å². The van der Waals surface area contributed by atoms with E-state index in [2.05, 4.69) is 17.6 Å². The van der Waals surface area contributed by atoms with Crippen LogP contribution in [0.1, 0.15) is 33.1 Å². The summed E-state index contributed by atoms with van der Waals surface area (Å²) in [6.45, 7) is 4.57. The standard InChI is InChI=1S/C15H23FN2O2/c1-4-5-6-9-17-15(19)11(2)18-12-7-8-13(16)14(10-12)20-3/h7-8,10-11,18H,4-6,9H2,1-3H3,(H,17,19). The van der Waals surface area contributed by atoms with Gasteiger partial charge < -0.3 is 15.4 Å². The molecule has 5 heteroatoms. The number of benzene rings is 1. The number of carbonyl (C=O) groups excluding carboxylic acids is 1. The van der Waals surface area contributed by atoms with Crippen LogP contribution in [0.15, 0.2) is 18.2 Å². The SMILES string of the molecule is CCCCCNC(=O)C(C)Nc1ccc(F)c(OC)c1. The van der Waals surface area contributed by atoms with E-state index in [1.54, 1.807) is 13.0 Å². The summed E-state index contributed by atoms with van der Waals surface area (Å²) in [5, 5.41) is 5.90. The lowest BCUT2D eigenvalue weighted by Crippen LogP contribution is -2.38. The number of hydrogen-bond donors (Lipinski definition) is 2. The number of anilines is 1. The molecule has 0 aliphatic carbocycles. The molecule has 20 heavy (non-hydrogen) atoms. The van der Waals surface area contributed by atoms with Crippen molar-refractivity contribution in [1.29, 1.82) is 0 Å². The molecule has 2 N–H and O–H groups in total. The van der Waals surface area contributed by atoms with Crippen molar-refractivity contribution >= 4 is 11.6 Å². The molecule has 4 nitrogen and oxygen atoms in total. The molecule has 0 radical (unpaired) electrons. The summed E-state index contributed by atoms with van der Waals surface area (Å²) >= 11 is 0. The van der Waals surface area contributed by atoms with Gasteiger partial charge in [0.25, 0.3) is 0 Å². The largest absolute Gasteiger partial charge is 0.494 e. The molecule has 0 aliphatic heterocycles. The fraction of sp³-hybridized carbons (Fsp3) is 0.533. The first-order valence-corrected chi connectivity index (χ1v) is 6.96. The van der Waals surface area contributed by atoms with Gasteiger partial charge in [-0.1, -0.05) is 19.8 Å². The fourth-order valence-electron chi connectivity index (χ4n) is 1.80. The molecule has 0 saturated heterocycles. The number of carbonyl (C=O) groups is 1. The number of methoxy groups -OCH3 is 1. The van der Waals surface area contributed by atoms with Crippen LogP contribution in [0.2, 0.25) is 0 Å². The van der Waals surface area contributed by atoms with Gasteiger partial charge in [-0.3, -0.25) is 4.79 Å².